The lowest BCUT2D eigenvalue weighted by atomic mass is 10.3. The third-order valence-corrected chi connectivity index (χ3v) is 3.47. The topological polar surface area (TPSA) is 32.9 Å². The molecular formula is C8H7NOS2. The highest BCUT2D eigenvalue weighted by atomic mass is 32.2. The standard InChI is InChI=1S/C8H7NOS2/c1-11-6-4-2-3-5-7(6)12-8(10)9-5/h2-4H,1H3,(H,9,10). The average Bonchev–Trinajstić information content (AvgIpc) is 2.44. The summed E-state index contributed by atoms with van der Waals surface area (Å²) in [5.74, 6) is 0. The van der Waals surface area contributed by atoms with Crippen molar-refractivity contribution >= 4 is 33.3 Å². The molecule has 2 rings (SSSR count). The van der Waals surface area contributed by atoms with Crippen LogP contribution in [0.25, 0.3) is 10.2 Å². The maximum Gasteiger partial charge on any atom is 0.305 e. The first kappa shape index (κ1) is 7.89. The summed E-state index contributed by atoms with van der Waals surface area (Å²) in [4.78, 5) is 15.0. The van der Waals surface area contributed by atoms with E-state index in [1.54, 1.807) is 11.8 Å². The van der Waals surface area contributed by atoms with Crippen molar-refractivity contribution in [1.29, 1.82) is 0 Å². The van der Waals surface area contributed by atoms with E-state index in [2.05, 4.69) is 4.98 Å². The van der Waals surface area contributed by atoms with Crippen LogP contribution in [0.5, 0.6) is 0 Å². The van der Waals surface area contributed by atoms with Crippen LogP contribution in [-0.4, -0.2) is 11.2 Å². The first-order valence-electron chi connectivity index (χ1n) is 3.47. The molecule has 0 bridgehead atoms. The molecule has 2 aromatic rings. The summed E-state index contributed by atoms with van der Waals surface area (Å²) in [6, 6.07) is 5.90. The SMILES string of the molecule is CSc1cccc2[nH]c(=O)sc12. The summed E-state index contributed by atoms with van der Waals surface area (Å²) in [6.07, 6.45) is 2.01. The van der Waals surface area contributed by atoms with E-state index in [0.717, 1.165) is 15.1 Å². The Morgan fingerprint density at radius 1 is 1.50 bits per heavy atom. The quantitative estimate of drug-likeness (QED) is 0.712. The monoisotopic (exact) mass is 197 g/mol. The lowest BCUT2D eigenvalue weighted by Gasteiger charge is -1.94. The number of fused-ring (bicyclic) bond motifs is 1. The second-order valence-electron chi connectivity index (χ2n) is 2.35. The van der Waals surface area contributed by atoms with Crippen molar-refractivity contribution in [3.05, 3.63) is 27.9 Å². The number of aromatic nitrogens is 1. The third-order valence-electron chi connectivity index (χ3n) is 1.63. The highest BCUT2D eigenvalue weighted by Crippen LogP contribution is 2.26. The number of nitrogens with one attached hydrogen (secondary N) is 1. The maximum absolute atomic E-state index is 11.0. The zero-order valence-electron chi connectivity index (χ0n) is 6.46. The fraction of sp³-hybridized carbons (Fsp3) is 0.125. The van der Waals surface area contributed by atoms with Gasteiger partial charge in [-0.1, -0.05) is 17.4 Å². The third kappa shape index (κ3) is 1.17. The van der Waals surface area contributed by atoms with Crippen LogP contribution in [0.2, 0.25) is 0 Å². The van der Waals surface area contributed by atoms with E-state index in [9.17, 15) is 4.79 Å². The molecule has 0 amide bonds. The summed E-state index contributed by atoms with van der Waals surface area (Å²) < 4.78 is 1.06. The van der Waals surface area contributed by atoms with E-state index in [4.69, 9.17) is 0 Å². The highest BCUT2D eigenvalue weighted by molar-refractivity contribution is 7.99. The lowest BCUT2D eigenvalue weighted by molar-refractivity contribution is 1.40. The van der Waals surface area contributed by atoms with Crippen molar-refractivity contribution in [3.8, 4) is 0 Å². The molecule has 1 heterocycles. The molecule has 0 fully saturated rings. The van der Waals surface area contributed by atoms with Crippen LogP contribution in [0.15, 0.2) is 27.9 Å². The number of hydrogen-bond donors (Lipinski definition) is 1. The Hall–Kier alpha value is -0.740. The van der Waals surface area contributed by atoms with Crippen LogP contribution in [0.1, 0.15) is 0 Å². The summed E-state index contributed by atoms with van der Waals surface area (Å²) in [5.41, 5.74) is 0.942. The average molecular weight is 197 g/mol. The van der Waals surface area contributed by atoms with Gasteiger partial charge < -0.3 is 4.98 Å². The normalized spacial score (nSPS) is 10.8. The molecule has 0 atom stereocenters. The molecule has 1 aromatic heterocycles. The van der Waals surface area contributed by atoms with E-state index in [1.165, 1.54) is 11.3 Å². The molecule has 12 heavy (non-hydrogen) atoms. The van der Waals surface area contributed by atoms with Gasteiger partial charge in [-0.25, -0.2) is 0 Å². The number of rotatable bonds is 1. The van der Waals surface area contributed by atoms with E-state index in [1.807, 2.05) is 24.5 Å². The molecule has 0 aliphatic heterocycles. The second-order valence-corrected chi connectivity index (χ2v) is 4.18. The number of benzene rings is 1. The molecule has 0 radical (unpaired) electrons. The molecule has 0 unspecified atom stereocenters. The summed E-state index contributed by atoms with van der Waals surface area (Å²) >= 11 is 2.93. The number of hydrogen-bond acceptors (Lipinski definition) is 3. The number of H-pyrrole nitrogens is 1. The molecule has 62 valence electrons. The van der Waals surface area contributed by atoms with Crippen LogP contribution in [0.3, 0.4) is 0 Å². The van der Waals surface area contributed by atoms with Gasteiger partial charge in [0, 0.05) is 4.90 Å². The van der Waals surface area contributed by atoms with Gasteiger partial charge in [0.25, 0.3) is 0 Å². The van der Waals surface area contributed by atoms with Gasteiger partial charge in [0.15, 0.2) is 0 Å². The Balaban J connectivity index is 2.87. The molecule has 1 aromatic carbocycles. The molecule has 0 saturated carbocycles. The lowest BCUT2D eigenvalue weighted by Crippen LogP contribution is -1.89. The van der Waals surface area contributed by atoms with E-state index < -0.39 is 0 Å². The van der Waals surface area contributed by atoms with Gasteiger partial charge in [0.2, 0.25) is 0 Å². The van der Waals surface area contributed by atoms with Crippen LogP contribution in [0.4, 0.5) is 0 Å². The Morgan fingerprint density at radius 2 is 2.33 bits per heavy atom. The first-order chi connectivity index (χ1) is 5.81. The summed E-state index contributed by atoms with van der Waals surface area (Å²) in [5, 5.41) is 0. The molecule has 0 aliphatic carbocycles. The zero-order valence-corrected chi connectivity index (χ0v) is 8.09. The van der Waals surface area contributed by atoms with Crippen molar-refractivity contribution in [2.24, 2.45) is 0 Å². The van der Waals surface area contributed by atoms with Gasteiger partial charge in [-0.05, 0) is 18.4 Å². The minimum Gasteiger partial charge on any atom is -0.312 e. The Labute approximate surface area is 77.6 Å². The van der Waals surface area contributed by atoms with Crippen LogP contribution >= 0.6 is 23.1 Å². The predicted octanol–water partition coefficient (Wildman–Crippen LogP) is 2.31. The fourth-order valence-electron chi connectivity index (χ4n) is 1.11. The Bertz CT molecular complexity index is 457. The fourth-order valence-corrected chi connectivity index (χ4v) is 2.74. The molecule has 1 N–H and O–H groups in total. The first-order valence-corrected chi connectivity index (χ1v) is 5.51. The van der Waals surface area contributed by atoms with Crippen LogP contribution in [0, 0.1) is 0 Å². The van der Waals surface area contributed by atoms with Crippen LogP contribution < -0.4 is 4.87 Å². The number of thiazole rings is 1. The Kier molecular flexibility index (Phi) is 1.94. The molecular weight excluding hydrogens is 190 g/mol. The zero-order chi connectivity index (χ0) is 8.55. The molecule has 4 heteroatoms. The van der Waals surface area contributed by atoms with Gasteiger partial charge in [-0.3, -0.25) is 4.79 Å². The molecule has 0 aliphatic rings. The maximum atomic E-state index is 11.0. The molecule has 0 saturated heterocycles. The molecule has 2 nitrogen and oxygen atoms in total. The number of aromatic amines is 1. The van der Waals surface area contributed by atoms with Crippen molar-refractivity contribution < 1.29 is 0 Å². The van der Waals surface area contributed by atoms with Gasteiger partial charge in [-0.15, -0.1) is 11.8 Å². The van der Waals surface area contributed by atoms with E-state index >= 15 is 0 Å². The van der Waals surface area contributed by atoms with Crippen molar-refractivity contribution in [2.45, 2.75) is 4.90 Å². The smallest absolute Gasteiger partial charge is 0.305 e. The largest absolute Gasteiger partial charge is 0.312 e. The second kappa shape index (κ2) is 2.95. The van der Waals surface area contributed by atoms with Crippen molar-refractivity contribution in [1.82, 2.24) is 4.98 Å². The van der Waals surface area contributed by atoms with Crippen LogP contribution in [-0.2, 0) is 0 Å². The summed E-state index contributed by atoms with van der Waals surface area (Å²) in [6.45, 7) is 0. The predicted molar refractivity (Wildman–Crippen MR) is 54.2 cm³/mol. The Morgan fingerprint density at radius 3 is 3.08 bits per heavy atom. The van der Waals surface area contributed by atoms with Gasteiger partial charge >= 0.3 is 4.87 Å². The number of thioether (sulfide) groups is 1. The van der Waals surface area contributed by atoms with Gasteiger partial charge in [0.05, 0.1) is 10.2 Å². The van der Waals surface area contributed by atoms with E-state index in [-0.39, 0.29) is 4.87 Å². The van der Waals surface area contributed by atoms with Crippen molar-refractivity contribution in [2.75, 3.05) is 6.26 Å². The van der Waals surface area contributed by atoms with Gasteiger partial charge in [-0.2, -0.15) is 0 Å². The minimum atomic E-state index is 0.0199. The highest BCUT2D eigenvalue weighted by Gasteiger charge is 2.02. The minimum absolute atomic E-state index is 0.0199. The van der Waals surface area contributed by atoms with Crippen molar-refractivity contribution in [3.63, 3.8) is 0 Å². The van der Waals surface area contributed by atoms with Gasteiger partial charge in [0.1, 0.15) is 0 Å². The van der Waals surface area contributed by atoms with E-state index in [0.29, 0.717) is 0 Å². The molecule has 0 spiro atoms. The summed E-state index contributed by atoms with van der Waals surface area (Å²) in [7, 11) is 0.